The molecule has 5 nitrogen and oxygen atoms in total. The molecule has 6 heteroatoms. The maximum atomic E-state index is 13.6. The van der Waals surface area contributed by atoms with Gasteiger partial charge in [-0.05, 0) is 42.5 Å². The molecule has 28 heavy (non-hydrogen) atoms. The summed E-state index contributed by atoms with van der Waals surface area (Å²) in [5, 5.41) is 2.78. The van der Waals surface area contributed by atoms with Gasteiger partial charge in [-0.25, -0.2) is 9.37 Å². The number of amides is 1. The number of halogens is 1. The third-order valence-electron chi connectivity index (χ3n) is 4.15. The van der Waals surface area contributed by atoms with E-state index >= 15 is 0 Å². The molecule has 1 heterocycles. The summed E-state index contributed by atoms with van der Waals surface area (Å²) < 4.78 is 19.2. The number of rotatable bonds is 5. The predicted molar refractivity (Wildman–Crippen MR) is 105 cm³/mol. The number of carbonyl (C=O) groups excluding carboxylic acids is 1. The second-order valence-electron chi connectivity index (χ2n) is 6.10. The molecular weight excluding hydrogens is 357 g/mol. The van der Waals surface area contributed by atoms with E-state index in [4.69, 9.17) is 4.74 Å². The normalized spacial score (nSPS) is 10.6. The number of para-hydroxylation sites is 2. The SMILES string of the molecule is O=C(Nc1ccc(OCc2ccccc2F)cc1)c1cnc2ccccc2n1. The van der Waals surface area contributed by atoms with Gasteiger partial charge in [-0.15, -0.1) is 0 Å². The molecule has 4 rings (SSSR count). The fraction of sp³-hybridized carbons (Fsp3) is 0.0455. The van der Waals surface area contributed by atoms with Crippen molar-refractivity contribution in [3.63, 3.8) is 0 Å². The number of fused-ring (bicyclic) bond motifs is 1. The number of hydrogen-bond donors (Lipinski definition) is 1. The van der Waals surface area contributed by atoms with Gasteiger partial charge < -0.3 is 10.1 Å². The minimum atomic E-state index is -0.349. The van der Waals surface area contributed by atoms with E-state index < -0.39 is 0 Å². The Hall–Kier alpha value is -3.80. The van der Waals surface area contributed by atoms with Crippen LogP contribution in [0.25, 0.3) is 11.0 Å². The van der Waals surface area contributed by atoms with Crippen LogP contribution in [0.1, 0.15) is 16.1 Å². The van der Waals surface area contributed by atoms with Gasteiger partial charge in [0.05, 0.1) is 17.2 Å². The summed E-state index contributed by atoms with van der Waals surface area (Å²) in [5.41, 5.74) is 2.70. The number of hydrogen-bond acceptors (Lipinski definition) is 4. The lowest BCUT2D eigenvalue weighted by molar-refractivity contribution is 0.102. The maximum Gasteiger partial charge on any atom is 0.275 e. The molecule has 0 aliphatic carbocycles. The van der Waals surface area contributed by atoms with Gasteiger partial charge in [0.15, 0.2) is 0 Å². The van der Waals surface area contributed by atoms with Crippen LogP contribution in [0.15, 0.2) is 79.0 Å². The molecule has 0 saturated carbocycles. The largest absolute Gasteiger partial charge is 0.489 e. The van der Waals surface area contributed by atoms with Crippen molar-refractivity contribution < 1.29 is 13.9 Å². The van der Waals surface area contributed by atoms with Gasteiger partial charge >= 0.3 is 0 Å². The van der Waals surface area contributed by atoms with E-state index in [1.165, 1.54) is 12.3 Å². The summed E-state index contributed by atoms with van der Waals surface area (Å²) in [6.07, 6.45) is 1.45. The van der Waals surface area contributed by atoms with Crippen LogP contribution < -0.4 is 10.1 Å². The molecule has 0 aliphatic heterocycles. The van der Waals surface area contributed by atoms with E-state index in [2.05, 4.69) is 15.3 Å². The lowest BCUT2D eigenvalue weighted by atomic mass is 10.2. The van der Waals surface area contributed by atoms with Gasteiger partial charge in [0, 0.05) is 11.3 Å². The Balaban J connectivity index is 1.40. The summed E-state index contributed by atoms with van der Waals surface area (Å²) in [6, 6.07) is 20.7. The van der Waals surface area contributed by atoms with Crippen molar-refractivity contribution in [2.45, 2.75) is 6.61 Å². The Morgan fingerprint density at radius 3 is 2.43 bits per heavy atom. The summed E-state index contributed by atoms with van der Waals surface area (Å²) in [7, 11) is 0. The molecule has 0 bridgehead atoms. The van der Waals surface area contributed by atoms with Crippen LogP contribution in [-0.4, -0.2) is 15.9 Å². The fourth-order valence-corrected chi connectivity index (χ4v) is 2.67. The molecule has 0 saturated heterocycles. The number of ether oxygens (including phenoxy) is 1. The maximum absolute atomic E-state index is 13.6. The molecule has 0 spiro atoms. The Kier molecular flexibility index (Phi) is 4.93. The minimum absolute atomic E-state index is 0.130. The zero-order chi connectivity index (χ0) is 19.3. The highest BCUT2D eigenvalue weighted by molar-refractivity contribution is 6.03. The lowest BCUT2D eigenvalue weighted by Crippen LogP contribution is -2.14. The highest BCUT2D eigenvalue weighted by Gasteiger charge is 2.10. The van der Waals surface area contributed by atoms with Gasteiger partial charge in [-0.1, -0.05) is 30.3 Å². The van der Waals surface area contributed by atoms with Crippen LogP contribution in [0.3, 0.4) is 0 Å². The van der Waals surface area contributed by atoms with E-state index in [9.17, 15) is 9.18 Å². The van der Waals surface area contributed by atoms with Crippen LogP contribution in [0, 0.1) is 5.82 Å². The zero-order valence-electron chi connectivity index (χ0n) is 14.8. The molecule has 0 unspecified atom stereocenters. The van der Waals surface area contributed by atoms with Crippen molar-refractivity contribution in [1.29, 1.82) is 0 Å². The van der Waals surface area contributed by atoms with Gasteiger partial charge in [-0.2, -0.15) is 0 Å². The van der Waals surface area contributed by atoms with Gasteiger partial charge in [-0.3, -0.25) is 9.78 Å². The van der Waals surface area contributed by atoms with Crippen molar-refractivity contribution >= 4 is 22.6 Å². The van der Waals surface area contributed by atoms with Crippen molar-refractivity contribution in [3.05, 3.63) is 96.1 Å². The molecular formula is C22H16FN3O2. The van der Waals surface area contributed by atoms with E-state index in [0.29, 0.717) is 22.5 Å². The second-order valence-corrected chi connectivity index (χ2v) is 6.10. The standard InChI is InChI=1S/C22H16FN3O2/c23-18-6-2-1-5-15(18)14-28-17-11-9-16(10-12-17)25-22(27)21-13-24-19-7-3-4-8-20(19)26-21/h1-13H,14H2,(H,25,27). The first kappa shape index (κ1) is 17.6. The summed E-state index contributed by atoms with van der Waals surface area (Å²) in [5.74, 6) is -0.0760. The monoisotopic (exact) mass is 373 g/mol. The Bertz CT molecular complexity index is 1130. The first-order valence-corrected chi connectivity index (χ1v) is 8.68. The predicted octanol–water partition coefficient (Wildman–Crippen LogP) is 4.60. The summed E-state index contributed by atoms with van der Waals surface area (Å²) >= 11 is 0. The van der Waals surface area contributed by atoms with E-state index in [0.717, 1.165) is 5.52 Å². The van der Waals surface area contributed by atoms with Crippen LogP contribution in [0.4, 0.5) is 10.1 Å². The van der Waals surface area contributed by atoms with E-state index in [-0.39, 0.29) is 24.0 Å². The van der Waals surface area contributed by atoms with Crippen molar-refractivity contribution in [2.24, 2.45) is 0 Å². The molecule has 1 aromatic heterocycles. The lowest BCUT2D eigenvalue weighted by Gasteiger charge is -2.09. The number of benzene rings is 3. The number of nitrogens with one attached hydrogen (secondary N) is 1. The molecule has 0 aliphatic rings. The minimum Gasteiger partial charge on any atom is -0.489 e. The average Bonchev–Trinajstić information content (AvgIpc) is 2.74. The average molecular weight is 373 g/mol. The molecule has 0 fully saturated rings. The third-order valence-corrected chi connectivity index (χ3v) is 4.15. The van der Waals surface area contributed by atoms with Crippen LogP contribution in [0.2, 0.25) is 0 Å². The van der Waals surface area contributed by atoms with E-state index in [1.54, 1.807) is 48.5 Å². The molecule has 1 N–H and O–H groups in total. The Labute approximate surface area is 160 Å². The molecule has 0 atom stereocenters. The van der Waals surface area contributed by atoms with Crippen molar-refractivity contribution in [1.82, 2.24) is 9.97 Å². The van der Waals surface area contributed by atoms with Crippen molar-refractivity contribution in [3.8, 4) is 5.75 Å². The number of carbonyl (C=O) groups is 1. The topological polar surface area (TPSA) is 64.1 Å². The number of anilines is 1. The number of aromatic nitrogens is 2. The first-order chi connectivity index (χ1) is 13.7. The van der Waals surface area contributed by atoms with Crippen LogP contribution in [0.5, 0.6) is 5.75 Å². The van der Waals surface area contributed by atoms with Gasteiger partial charge in [0.2, 0.25) is 0 Å². The second kappa shape index (κ2) is 7.84. The highest BCUT2D eigenvalue weighted by Crippen LogP contribution is 2.18. The van der Waals surface area contributed by atoms with E-state index in [1.807, 2.05) is 18.2 Å². The Morgan fingerprint density at radius 1 is 0.929 bits per heavy atom. The molecule has 0 radical (unpaired) electrons. The van der Waals surface area contributed by atoms with Gasteiger partial charge in [0.25, 0.3) is 5.91 Å². The summed E-state index contributed by atoms with van der Waals surface area (Å²) in [4.78, 5) is 21.0. The number of nitrogens with zero attached hydrogens (tertiary/aromatic N) is 2. The van der Waals surface area contributed by atoms with Crippen molar-refractivity contribution in [2.75, 3.05) is 5.32 Å². The molecule has 138 valence electrons. The van der Waals surface area contributed by atoms with Gasteiger partial charge in [0.1, 0.15) is 23.9 Å². The highest BCUT2D eigenvalue weighted by atomic mass is 19.1. The fourth-order valence-electron chi connectivity index (χ4n) is 2.67. The molecule has 1 amide bonds. The molecule has 3 aromatic carbocycles. The Morgan fingerprint density at radius 2 is 1.64 bits per heavy atom. The molecule has 4 aromatic rings. The summed E-state index contributed by atoms with van der Waals surface area (Å²) in [6.45, 7) is 0.130. The zero-order valence-corrected chi connectivity index (χ0v) is 14.8. The first-order valence-electron chi connectivity index (χ1n) is 8.68. The van der Waals surface area contributed by atoms with Crippen LogP contribution >= 0.6 is 0 Å². The smallest absolute Gasteiger partial charge is 0.275 e. The third kappa shape index (κ3) is 3.96. The van der Waals surface area contributed by atoms with Crippen LogP contribution in [-0.2, 0) is 6.61 Å². The quantitative estimate of drug-likeness (QED) is 0.555.